The number of hydrogen-bond acceptors (Lipinski definition) is 4. The highest BCUT2D eigenvalue weighted by molar-refractivity contribution is 6.31. The van der Waals surface area contributed by atoms with Gasteiger partial charge in [-0.2, -0.15) is 0 Å². The Hall–Kier alpha value is -2.73. The first kappa shape index (κ1) is 17.7. The van der Waals surface area contributed by atoms with Crippen LogP contribution in [0, 0.1) is 0 Å². The zero-order valence-electron chi connectivity index (χ0n) is 14.6. The number of anilines is 1. The van der Waals surface area contributed by atoms with Crippen LogP contribution < -0.4 is 19.7 Å². The molecule has 0 spiro atoms. The largest absolute Gasteiger partial charge is 0.486 e. The molecule has 6 nitrogen and oxygen atoms in total. The van der Waals surface area contributed by atoms with E-state index in [0.29, 0.717) is 53.9 Å². The maximum Gasteiger partial charge on any atom is 0.253 e. The fraction of sp³-hybridized carbons (Fsp3) is 0.300. The summed E-state index contributed by atoms with van der Waals surface area (Å²) < 4.78 is 11.5. The Morgan fingerprint density at radius 1 is 1.22 bits per heavy atom. The van der Waals surface area contributed by atoms with E-state index in [1.807, 2.05) is 24.3 Å². The van der Waals surface area contributed by atoms with Gasteiger partial charge in [-0.05, 0) is 36.8 Å². The maximum absolute atomic E-state index is 12.7. The van der Waals surface area contributed by atoms with Crippen LogP contribution in [0.5, 0.6) is 11.5 Å². The molecular weight excluding hydrogens is 368 g/mol. The van der Waals surface area contributed by atoms with E-state index in [0.717, 1.165) is 6.42 Å². The van der Waals surface area contributed by atoms with Crippen LogP contribution >= 0.6 is 11.6 Å². The maximum atomic E-state index is 12.7. The van der Waals surface area contributed by atoms with E-state index in [9.17, 15) is 9.59 Å². The highest BCUT2D eigenvalue weighted by Gasteiger charge is 2.27. The van der Waals surface area contributed by atoms with E-state index in [1.165, 1.54) is 0 Å². The van der Waals surface area contributed by atoms with Crippen molar-refractivity contribution in [1.82, 2.24) is 5.32 Å². The van der Waals surface area contributed by atoms with Crippen molar-refractivity contribution in [1.29, 1.82) is 0 Å². The molecule has 0 aromatic heterocycles. The molecule has 7 heteroatoms. The Labute approximate surface area is 162 Å². The Balaban J connectivity index is 1.45. The molecule has 1 fully saturated rings. The number of hydrogen-bond donors (Lipinski definition) is 1. The first-order chi connectivity index (χ1) is 13.1. The Morgan fingerprint density at radius 3 is 2.81 bits per heavy atom. The molecule has 1 saturated heterocycles. The van der Waals surface area contributed by atoms with Crippen molar-refractivity contribution in [3.63, 3.8) is 0 Å². The topological polar surface area (TPSA) is 67.9 Å². The molecule has 0 radical (unpaired) electrons. The van der Waals surface area contributed by atoms with Crippen LogP contribution in [0.3, 0.4) is 0 Å². The number of para-hydroxylation sites is 2. The molecule has 1 unspecified atom stereocenters. The van der Waals surface area contributed by atoms with E-state index >= 15 is 0 Å². The lowest BCUT2D eigenvalue weighted by molar-refractivity contribution is -0.117. The van der Waals surface area contributed by atoms with Crippen LogP contribution in [-0.2, 0) is 4.79 Å². The smallest absolute Gasteiger partial charge is 0.253 e. The van der Waals surface area contributed by atoms with Gasteiger partial charge >= 0.3 is 0 Å². The fourth-order valence-electron chi connectivity index (χ4n) is 3.29. The summed E-state index contributed by atoms with van der Waals surface area (Å²) in [5.74, 6) is 1.10. The molecule has 4 rings (SSSR count). The number of fused-ring (bicyclic) bond motifs is 1. The molecule has 2 amide bonds. The van der Waals surface area contributed by atoms with E-state index < -0.39 is 0 Å². The van der Waals surface area contributed by atoms with Crippen LogP contribution in [0.2, 0.25) is 5.02 Å². The molecular formula is C20H19ClN2O4. The predicted molar refractivity (Wildman–Crippen MR) is 102 cm³/mol. The third-order valence-corrected chi connectivity index (χ3v) is 4.86. The molecule has 2 aromatic rings. The zero-order chi connectivity index (χ0) is 18.8. The summed E-state index contributed by atoms with van der Waals surface area (Å²) in [6.07, 6.45) is 0.979. The minimum absolute atomic E-state index is 0.00642. The van der Waals surface area contributed by atoms with E-state index in [-0.39, 0.29) is 17.9 Å². The third kappa shape index (κ3) is 3.71. The number of rotatable bonds is 4. The minimum Gasteiger partial charge on any atom is -0.486 e. The second-order valence-electron chi connectivity index (χ2n) is 6.52. The summed E-state index contributed by atoms with van der Waals surface area (Å²) in [6.45, 7) is 1.24. The number of carbonyl (C=O) groups is 2. The molecule has 27 heavy (non-hydrogen) atoms. The van der Waals surface area contributed by atoms with Gasteiger partial charge in [0.1, 0.15) is 12.7 Å². The summed E-state index contributed by atoms with van der Waals surface area (Å²) in [6, 6.07) is 12.4. The van der Waals surface area contributed by atoms with E-state index in [4.69, 9.17) is 21.1 Å². The average molecular weight is 387 g/mol. The van der Waals surface area contributed by atoms with Crippen LogP contribution in [0.4, 0.5) is 5.69 Å². The Kier molecular flexibility index (Phi) is 4.90. The van der Waals surface area contributed by atoms with Gasteiger partial charge in [-0.1, -0.05) is 23.7 Å². The van der Waals surface area contributed by atoms with Crippen molar-refractivity contribution < 1.29 is 19.1 Å². The SMILES string of the molecule is O=C(NCC1COc2ccccc2O1)c1ccc(Cl)cc1N1CCCC1=O. The van der Waals surface area contributed by atoms with Gasteiger partial charge in [0, 0.05) is 18.0 Å². The van der Waals surface area contributed by atoms with Crippen LogP contribution in [-0.4, -0.2) is 37.6 Å². The number of nitrogens with zero attached hydrogens (tertiary/aromatic N) is 1. The van der Waals surface area contributed by atoms with Gasteiger partial charge in [0.15, 0.2) is 11.5 Å². The molecule has 2 aliphatic rings. The second-order valence-corrected chi connectivity index (χ2v) is 6.95. The predicted octanol–water partition coefficient (Wildman–Crippen LogP) is 3.04. The zero-order valence-corrected chi connectivity index (χ0v) is 15.4. The average Bonchev–Trinajstić information content (AvgIpc) is 3.11. The van der Waals surface area contributed by atoms with Gasteiger partial charge < -0.3 is 19.7 Å². The molecule has 1 atom stereocenters. The van der Waals surface area contributed by atoms with Crippen LogP contribution in [0.25, 0.3) is 0 Å². The number of halogens is 1. The van der Waals surface area contributed by atoms with Gasteiger partial charge in [-0.25, -0.2) is 0 Å². The molecule has 0 aliphatic carbocycles. The third-order valence-electron chi connectivity index (χ3n) is 4.63. The van der Waals surface area contributed by atoms with Crippen molar-refractivity contribution in [2.75, 3.05) is 24.6 Å². The molecule has 2 aromatic carbocycles. The number of amides is 2. The number of carbonyl (C=O) groups excluding carboxylic acids is 2. The van der Waals surface area contributed by atoms with Gasteiger partial charge in [0.05, 0.1) is 17.8 Å². The molecule has 2 aliphatic heterocycles. The monoisotopic (exact) mass is 386 g/mol. The molecule has 0 bridgehead atoms. The number of benzene rings is 2. The highest BCUT2D eigenvalue weighted by atomic mass is 35.5. The van der Waals surface area contributed by atoms with E-state index in [2.05, 4.69) is 5.32 Å². The quantitative estimate of drug-likeness (QED) is 0.877. The van der Waals surface area contributed by atoms with Gasteiger partial charge in [-0.3, -0.25) is 9.59 Å². The normalized spacial score (nSPS) is 18.5. The molecule has 140 valence electrons. The van der Waals surface area contributed by atoms with Crippen molar-refractivity contribution in [2.45, 2.75) is 18.9 Å². The second kappa shape index (κ2) is 7.48. The molecule has 0 saturated carbocycles. The number of nitrogens with one attached hydrogen (secondary N) is 1. The minimum atomic E-state index is -0.284. The summed E-state index contributed by atoms with van der Waals surface area (Å²) >= 11 is 6.09. The van der Waals surface area contributed by atoms with Crippen LogP contribution in [0.15, 0.2) is 42.5 Å². The van der Waals surface area contributed by atoms with Gasteiger partial charge in [0.25, 0.3) is 5.91 Å². The van der Waals surface area contributed by atoms with Crippen molar-refractivity contribution in [3.8, 4) is 11.5 Å². The summed E-state index contributed by atoms with van der Waals surface area (Å²) in [7, 11) is 0. The molecule has 1 N–H and O–H groups in total. The van der Waals surface area contributed by atoms with Crippen molar-refractivity contribution in [3.05, 3.63) is 53.1 Å². The Morgan fingerprint density at radius 2 is 2.04 bits per heavy atom. The fourth-order valence-corrected chi connectivity index (χ4v) is 3.45. The van der Waals surface area contributed by atoms with Gasteiger partial charge in [0.2, 0.25) is 5.91 Å². The first-order valence-corrected chi connectivity index (χ1v) is 9.26. The van der Waals surface area contributed by atoms with Crippen LogP contribution in [0.1, 0.15) is 23.2 Å². The lowest BCUT2D eigenvalue weighted by atomic mass is 10.1. The summed E-state index contributed by atoms with van der Waals surface area (Å²) in [5, 5.41) is 3.36. The summed E-state index contributed by atoms with van der Waals surface area (Å²) in [4.78, 5) is 26.5. The van der Waals surface area contributed by atoms with Crippen molar-refractivity contribution in [2.24, 2.45) is 0 Å². The standard InChI is InChI=1S/C20H19ClN2O4/c21-13-7-8-15(16(10-13)23-9-3-6-19(23)24)20(25)22-11-14-12-26-17-4-1-2-5-18(17)27-14/h1-2,4-5,7-8,10,14H,3,6,9,11-12H2,(H,22,25). The van der Waals surface area contributed by atoms with Crippen molar-refractivity contribution >= 4 is 29.1 Å². The summed E-state index contributed by atoms with van der Waals surface area (Å²) in [5.41, 5.74) is 0.973. The lowest BCUT2D eigenvalue weighted by Gasteiger charge is -2.27. The lowest BCUT2D eigenvalue weighted by Crippen LogP contribution is -2.41. The number of ether oxygens (including phenoxy) is 2. The molecule has 2 heterocycles. The van der Waals surface area contributed by atoms with Gasteiger partial charge in [-0.15, -0.1) is 0 Å². The Bertz CT molecular complexity index is 886. The first-order valence-electron chi connectivity index (χ1n) is 8.88. The highest BCUT2D eigenvalue weighted by Crippen LogP contribution is 2.31. The van der Waals surface area contributed by atoms with E-state index in [1.54, 1.807) is 23.1 Å².